The van der Waals surface area contributed by atoms with Crippen molar-refractivity contribution in [3.63, 3.8) is 0 Å². The third-order valence-corrected chi connectivity index (χ3v) is 3.74. The molecule has 0 saturated carbocycles. The van der Waals surface area contributed by atoms with E-state index in [0.717, 1.165) is 12.1 Å². The minimum absolute atomic E-state index is 0.0730. The van der Waals surface area contributed by atoms with E-state index in [1.807, 2.05) is 0 Å². The van der Waals surface area contributed by atoms with Crippen LogP contribution in [-0.4, -0.2) is 23.2 Å². The number of nitrogens with zero attached hydrogens (tertiary/aromatic N) is 2. The van der Waals surface area contributed by atoms with Gasteiger partial charge in [-0.25, -0.2) is 0 Å². The van der Waals surface area contributed by atoms with Crippen LogP contribution in [0.5, 0.6) is 5.75 Å². The smallest absolute Gasteiger partial charge is 0.416 e. The van der Waals surface area contributed by atoms with Crippen LogP contribution in [0.15, 0.2) is 60.7 Å². The Kier molecular flexibility index (Phi) is 5.44. The maximum atomic E-state index is 12.6. The Morgan fingerprint density at radius 1 is 0.964 bits per heavy atom. The van der Waals surface area contributed by atoms with E-state index in [1.54, 1.807) is 24.3 Å². The molecule has 1 aromatic heterocycles. The van der Waals surface area contributed by atoms with Gasteiger partial charge in [-0.15, -0.1) is 10.2 Å². The zero-order valence-electron chi connectivity index (χ0n) is 14.6. The van der Waals surface area contributed by atoms with Crippen molar-refractivity contribution < 1.29 is 22.7 Å². The number of methoxy groups -OCH3 is 1. The molecule has 2 N–H and O–H groups in total. The van der Waals surface area contributed by atoms with Crippen LogP contribution in [0, 0.1) is 0 Å². The zero-order chi connectivity index (χ0) is 20.1. The summed E-state index contributed by atoms with van der Waals surface area (Å²) in [5.41, 5.74) is 0.230. The number of rotatable bonds is 5. The number of carbonyl (C=O) groups is 1. The summed E-state index contributed by atoms with van der Waals surface area (Å²) in [5, 5.41) is 13.2. The van der Waals surface area contributed by atoms with Crippen molar-refractivity contribution in [1.82, 2.24) is 10.2 Å². The molecule has 3 rings (SSSR count). The van der Waals surface area contributed by atoms with E-state index in [4.69, 9.17) is 4.74 Å². The van der Waals surface area contributed by atoms with Crippen molar-refractivity contribution in [3.05, 3.63) is 71.9 Å². The number of nitrogens with one attached hydrogen (secondary N) is 2. The lowest BCUT2D eigenvalue weighted by molar-refractivity contribution is -0.137. The standard InChI is InChI=1S/C19H15F3N4O2/c1-28-16-5-3-2-4-14(16)24-18(27)15-10-11-17(26-25-15)23-13-8-6-12(7-9-13)19(20,21)22/h2-11H,1H3,(H,23,26)(H,24,27). The molecule has 144 valence electrons. The fraction of sp³-hybridized carbons (Fsp3) is 0.105. The van der Waals surface area contributed by atoms with Gasteiger partial charge < -0.3 is 15.4 Å². The monoisotopic (exact) mass is 388 g/mol. The summed E-state index contributed by atoms with van der Waals surface area (Å²) in [4.78, 5) is 12.3. The second kappa shape index (κ2) is 7.95. The largest absolute Gasteiger partial charge is 0.495 e. The highest BCUT2D eigenvalue weighted by atomic mass is 19.4. The van der Waals surface area contributed by atoms with Gasteiger partial charge in [0.05, 0.1) is 18.4 Å². The lowest BCUT2D eigenvalue weighted by Gasteiger charge is -2.10. The van der Waals surface area contributed by atoms with Gasteiger partial charge in [0, 0.05) is 5.69 Å². The van der Waals surface area contributed by atoms with E-state index in [-0.39, 0.29) is 11.5 Å². The van der Waals surface area contributed by atoms with Crippen LogP contribution in [0.4, 0.5) is 30.4 Å². The average molecular weight is 388 g/mol. The predicted octanol–water partition coefficient (Wildman–Crippen LogP) is 4.50. The number of anilines is 3. The molecular weight excluding hydrogens is 373 g/mol. The quantitative estimate of drug-likeness (QED) is 0.673. The number of hydrogen-bond acceptors (Lipinski definition) is 5. The van der Waals surface area contributed by atoms with Crippen LogP contribution in [0.1, 0.15) is 16.1 Å². The molecule has 6 nitrogen and oxygen atoms in total. The van der Waals surface area contributed by atoms with Gasteiger partial charge in [-0.2, -0.15) is 13.2 Å². The minimum atomic E-state index is -4.39. The van der Waals surface area contributed by atoms with Crippen molar-refractivity contribution in [1.29, 1.82) is 0 Å². The minimum Gasteiger partial charge on any atom is -0.495 e. The number of amides is 1. The summed E-state index contributed by atoms with van der Waals surface area (Å²) < 4.78 is 42.9. The van der Waals surface area contributed by atoms with Gasteiger partial charge in [0.25, 0.3) is 5.91 Å². The zero-order valence-corrected chi connectivity index (χ0v) is 14.6. The van der Waals surface area contributed by atoms with Crippen molar-refractivity contribution >= 4 is 23.1 Å². The van der Waals surface area contributed by atoms with Gasteiger partial charge in [0.1, 0.15) is 5.75 Å². The van der Waals surface area contributed by atoms with Gasteiger partial charge in [0.2, 0.25) is 0 Å². The van der Waals surface area contributed by atoms with E-state index in [2.05, 4.69) is 20.8 Å². The first-order valence-corrected chi connectivity index (χ1v) is 8.09. The Bertz CT molecular complexity index is 958. The van der Waals surface area contributed by atoms with Crippen molar-refractivity contribution in [2.24, 2.45) is 0 Å². The average Bonchev–Trinajstić information content (AvgIpc) is 2.68. The fourth-order valence-electron chi connectivity index (χ4n) is 2.34. The summed E-state index contributed by atoms with van der Waals surface area (Å²) in [6, 6.07) is 14.4. The molecule has 0 fully saturated rings. The molecule has 1 heterocycles. The summed E-state index contributed by atoms with van der Waals surface area (Å²) in [6.07, 6.45) is -4.39. The van der Waals surface area contributed by atoms with Crippen LogP contribution in [-0.2, 0) is 6.18 Å². The lowest BCUT2D eigenvalue weighted by atomic mass is 10.2. The van der Waals surface area contributed by atoms with Crippen molar-refractivity contribution in [2.45, 2.75) is 6.18 Å². The third kappa shape index (κ3) is 4.56. The first-order valence-electron chi connectivity index (χ1n) is 8.09. The Labute approximate surface area is 158 Å². The van der Waals surface area contributed by atoms with E-state index in [1.165, 1.54) is 31.4 Å². The number of benzene rings is 2. The van der Waals surface area contributed by atoms with Crippen LogP contribution in [0.2, 0.25) is 0 Å². The van der Waals surface area contributed by atoms with Crippen LogP contribution >= 0.6 is 0 Å². The number of para-hydroxylation sites is 2. The molecule has 0 atom stereocenters. The molecular formula is C19H15F3N4O2. The molecule has 0 radical (unpaired) electrons. The molecule has 0 spiro atoms. The first-order chi connectivity index (χ1) is 13.4. The molecule has 0 unspecified atom stereocenters. The van der Waals surface area contributed by atoms with Crippen LogP contribution < -0.4 is 15.4 Å². The van der Waals surface area contributed by atoms with E-state index >= 15 is 0 Å². The highest BCUT2D eigenvalue weighted by molar-refractivity contribution is 6.03. The summed E-state index contributed by atoms with van der Waals surface area (Å²) in [5.74, 6) is 0.316. The van der Waals surface area contributed by atoms with Crippen molar-refractivity contribution in [3.8, 4) is 5.75 Å². The first kappa shape index (κ1) is 19.2. The van der Waals surface area contributed by atoms with Crippen LogP contribution in [0.25, 0.3) is 0 Å². The van der Waals surface area contributed by atoms with E-state index in [9.17, 15) is 18.0 Å². The number of halogens is 3. The molecule has 0 aliphatic carbocycles. The normalized spacial score (nSPS) is 11.0. The molecule has 0 aliphatic rings. The number of aromatic nitrogens is 2. The Morgan fingerprint density at radius 2 is 1.68 bits per heavy atom. The molecule has 0 aliphatic heterocycles. The van der Waals surface area contributed by atoms with E-state index < -0.39 is 17.6 Å². The third-order valence-electron chi connectivity index (χ3n) is 3.74. The lowest BCUT2D eigenvalue weighted by Crippen LogP contribution is -2.15. The number of carbonyl (C=O) groups excluding carboxylic acids is 1. The number of alkyl halides is 3. The number of ether oxygens (including phenoxy) is 1. The molecule has 2 aromatic carbocycles. The second-order valence-electron chi connectivity index (χ2n) is 5.66. The van der Waals surface area contributed by atoms with Crippen LogP contribution in [0.3, 0.4) is 0 Å². The fourth-order valence-corrected chi connectivity index (χ4v) is 2.34. The predicted molar refractivity (Wildman–Crippen MR) is 97.7 cm³/mol. The Balaban J connectivity index is 1.67. The van der Waals surface area contributed by atoms with Gasteiger partial charge in [-0.05, 0) is 48.5 Å². The summed E-state index contributed by atoms with van der Waals surface area (Å²) in [7, 11) is 1.49. The highest BCUT2D eigenvalue weighted by Crippen LogP contribution is 2.30. The molecule has 9 heteroatoms. The van der Waals surface area contributed by atoms with Gasteiger partial charge in [-0.1, -0.05) is 12.1 Å². The highest BCUT2D eigenvalue weighted by Gasteiger charge is 2.29. The summed E-state index contributed by atoms with van der Waals surface area (Å²) in [6.45, 7) is 0. The maximum absolute atomic E-state index is 12.6. The Morgan fingerprint density at radius 3 is 2.29 bits per heavy atom. The molecule has 0 bridgehead atoms. The summed E-state index contributed by atoms with van der Waals surface area (Å²) >= 11 is 0. The van der Waals surface area contributed by atoms with Gasteiger partial charge >= 0.3 is 6.18 Å². The van der Waals surface area contributed by atoms with Gasteiger partial charge in [-0.3, -0.25) is 4.79 Å². The maximum Gasteiger partial charge on any atom is 0.416 e. The van der Waals surface area contributed by atoms with Gasteiger partial charge in [0.15, 0.2) is 11.5 Å². The number of hydrogen-bond donors (Lipinski definition) is 2. The van der Waals surface area contributed by atoms with Crippen molar-refractivity contribution in [2.75, 3.05) is 17.7 Å². The molecule has 1 amide bonds. The molecule has 28 heavy (non-hydrogen) atoms. The molecule has 0 saturated heterocycles. The van der Waals surface area contributed by atoms with E-state index in [0.29, 0.717) is 17.1 Å². The second-order valence-corrected chi connectivity index (χ2v) is 5.66. The molecule has 3 aromatic rings. The Hall–Kier alpha value is -3.62. The topological polar surface area (TPSA) is 76.1 Å². The SMILES string of the molecule is COc1ccccc1NC(=O)c1ccc(Nc2ccc(C(F)(F)F)cc2)nn1.